The van der Waals surface area contributed by atoms with Crippen molar-refractivity contribution in [3.63, 3.8) is 0 Å². The van der Waals surface area contributed by atoms with E-state index in [1.54, 1.807) is 4.52 Å². The van der Waals surface area contributed by atoms with Gasteiger partial charge in [-0.1, -0.05) is 35.0 Å². The number of piperazine rings is 1. The second-order valence-electron chi connectivity index (χ2n) is 9.44. The lowest BCUT2D eigenvalue weighted by Crippen LogP contribution is -2.49. The zero-order valence-electron chi connectivity index (χ0n) is 21.1. The number of carbonyl (C=O) groups excluding carboxylic acids is 1. The summed E-state index contributed by atoms with van der Waals surface area (Å²) < 4.78 is 7.18. The fourth-order valence-electron chi connectivity index (χ4n) is 4.76. The highest BCUT2D eigenvalue weighted by molar-refractivity contribution is 5.76. The van der Waals surface area contributed by atoms with Crippen LogP contribution in [0.15, 0.2) is 35.1 Å². The van der Waals surface area contributed by atoms with Gasteiger partial charge in [-0.05, 0) is 45.7 Å². The fraction of sp³-hybridized carbons (Fsp3) is 0.462. The maximum Gasteiger partial charge on any atom is 0.252 e. The van der Waals surface area contributed by atoms with Crippen molar-refractivity contribution in [2.75, 3.05) is 32.7 Å². The van der Waals surface area contributed by atoms with Crippen molar-refractivity contribution in [3.8, 4) is 11.4 Å². The van der Waals surface area contributed by atoms with Gasteiger partial charge >= 0.3 is 0 Å². The molecule has 1 aliphatic rings. The summed E-state index contributed by atoms with van der Waals surface area (Å²) in [5.74, 6) is 2.10. The number of aryl methyl sites for hydroxylation is 4. The monoisotopic (exact) mass is 488 g/mol. The molecule has 3 aromatic heterocycles. The average molecular weight is 489 g/mol. The third-order valence-electron chi connectivity index (χ3n) is 6.95. The van der Waals surface area contributed by atoms with Crippen molar-refractivity contribution in [1.82, 2.24) is 39.5 Å². The van der Waals surface area contributed by atoms with E-state index >= 15 is 0 Å². The Morgan fingerprint density at radius 2 is 1.78 bits per heavy atom. The number of carbonyl (C=O) groups is 1. The predicted octanol–water partition coefficient (Wildman–Crippen LogP) is 2.81. The predicted molar refractivity (Wildman–Crippen MR) is 134 cm³/mol. The van der Waals surface area contributed by atoms with Crippen LogP contribution in [-0.2, 0) is 17.6 Å². The molecule has 0 N–H and O–H groups in total. The molecule has 10 nitrogen and oxygen atoms in total. The summed E-state index contributed by atoms with van der Waals surface area (Å²) >= 11 is 0. The SMILES string of the molecule is Cc1ccc(-c2noc(CCCN3CCN(C(=O)CCc4c(C)nc5ncnn5c4C)CC3)n2)cc1. The van der Waals surface area contributed by atoms with E-state index in [2.05, 4.69) is 37.0 Å². The van der Waals surface area contributed by atoms with Gasteiger partial charge in [0.2, 0.25) is 17.6 Å². The second-order valence-corrected chi connectivity index (χ2v) is 9.44. The number of amides is 1. The van der Waals surface area contributed by atoms with E-state index in [0.717, 1.165) is 68.1 Å². The number of hydrogen-bond acceptors (Lipinski definition) is 8. The molecular weight excluding hydrogens is 456 g/mol. The first-order valence-electron chi connectivity index (χ1n) is 12.5. The summed E-state index contributed by atoms with van der Waals surface area (Å²) in [4.78, 5) is 30.5. The molecule has 5 rings (SSSR count). The van der Waals surface area contributed by atoms with E-state index in [1.165, 1.54) is 11.9 Å². The molecule has 1 aromatic carbocycles. The van der Waals surface area contributed by atoms with Crippen molar-refractivity contribution in [2.45, 2.75) is 46.5 Å². The van der Waals surface area contributed by atoms with Crippen LogP contribution < -0.4 is 0 Å². The number of fused-ring (bicyclic) bond motifs is 1. The summed E-state index contributed by atoms with van der Waals surface area (Å²) in [6, 6.07) is 8.12. The molecule has 1 fully saturated rings. The molecule has 0 unspecified atom stereocenters. The van der Waals surface area contributed by atoms with Gasteiger partial charge in [-0.3, -0.25) is 9.69 Å². The van der Waals surface area contributed by atoms with E-state index < -0.39 is 0 Å². The number of benzene rings is 1. The van der Waals surface area contributed by atoms with Crippen LogP contribution in [0, 0.1) is 20.8 Å². The topological polar surface area (TPSA) is 106 Å². The zero-order chi connectivity index (χ0) is 25.1. The summed E-state index contributed by atoms with van der Waals surface area (Å²) in [6.07, 6.45) is 4.34. The standard InChI is InChI=1S/C26H32N8O2/c1-18-6-8-21(9-7-18)25-30-23(36-31-25)5-4-12-32-13-15-33(16-14-32)24(35)11-10-22-19(2)29-26-27-17-28-34(26)20(22)3/h6-9,17H,4-5,10-16H2,1-3H3. The average Bonchev–Trinajstić information content (AvgIpc) is 3.55. The minimum Gasteiger partial charge on any atom is -0.340 e. The molecule has 0 spiro atoms. The molecule has 4 heterocycles. The fourth-order valence-corrected chi connectivity index (χ4v) is 4.76. The molecule has 4 aromatic rings. The molecule has 1 amide bonds. The van der Waals surface area contributed by atoms with Crippen molar-refractivity contribution in [2.24, 2.45) is 0 Å². The van der Waals surface area contributed by atoms with Crippen LogP contribution in [0.3, 0.4) is 0 Å². The molecule has 0 saturated carbocycles. The van der Waals surface area contributed by atoms with Gasteiger partial charge in [-0.2, -0.15) is 15.1 Å². The summed E-state index contributed by atoms with van der Waals surface area (Å²) in [6.45, 7) is 10.3. The van der Waals surface area contributed by atoms with Crippen LogP contribution in [0.1, 0.15) is 41.2 Å². The first kappa shape index (κ1) is 24.1. The smallest absolute Gasteiger partial charge is 0.252 e. The molecule has 188 valence electrons. The molecule has 10 heteroatoms. The van der Waals surface area contributed by atoms with E-state index in [9.17, 15) is 4.79 Å². The van der Waals surface area contributed by atoms with Gasteiger partial charge in [0.05, 0.1) is 0 Å². The van der Waals surface area contributed by atoms with Gasteiger partial charge in [-0.15, -0.1) is 0 Å². The van der Waals surface area contributed by atoms with Crippen LogP contribution in [-0.4, -0.2) is 78.2 Å². The molecule has 36 heavy (non-hydrogen) atoms. The normalized spacial score (nSPS) is 14.6. The molecule has 0 atom stereocenters. The van der Waals surface area contributed by atoms with Gasteiger partial charge in [0.25, 0.3) is 5.78 Å². The second kappa shape index (κ2) is 10.5. The van der Waals surface area contributed by atoms with Crippen molar-refractivity contribution >= 4 is 11.7 Å². The van der Waals surface area contributed by atoms with Crippen LogP contribution in [0.25, 0.3) is 17.2 Å². The van der Waals surface area contributed by atoms with Gasteiger partial charge in [-0.25, -0.2) is 9.50 Å². The lowest BCUT2D eigenvalue weighted by atomic mass is 10.1. The van der Waals surface area contributed by atoms with Crippen LogP contribution in [0.5, 0.6) is 0 Å². The van der Waals surface area contributed by atoms with Crippen LogP contribution in [0.4, 0.5) is 0 Å². The Morgan fingerprint density at radius 1 is 1.00 bits per heavy atom. The van der Waals surface area contributed by atoms with Crippen molar-refractivity contribution < 1.29 is 9.32 Å². The van der Waals surface area contributed by atoms with Gasteiger partial charge < -0.3 is 9.42 Å². The number of aromatic nitrogens is 6. The highest BCUT2D eigenvalue weighted by atomic mass is 16.5. The first-order valence-corrected chi connectivity index (χ1v) is 12.5. The Balaban J connectivity index is 1.05. The molecule has 0 bridgehead atoms. The summed E-state index contributed by atoms with van der Waals surface area (Å²) in [5, 5.41) is 8.35. The molecular formula is C26H32N8O2. The third-order valence-corrected chi connectivity index (χ3v) is 6.95. The van der Waals surface area contributed by atoms with Crippen LogP contribution in [0.2, 0.25) is 0 Å². The van der Waals surface area contributed by atoms with Crippen molar-refractivity contribution in [3.05, 3.63) is 59.0 Å². The largest absolute Gasteiger partial charge is 0.340 e. The van der Waals surface area contributed by atoms with E-state index in [1.807, 2.05) is 43.0 Å². The van der Waals surface area contributed by atoms with E-state index in [4.69, 9.17) is 4.52 Å². The first-order chi connectivity index (χ1) is 17.5. The van der Waals surface area contributed by atoms with Crippen LogP contribution >= 0.6 is 0 Å². The Bertz CT molecular complexity index is 1340. The maximum atomic E-state index is 12.9. The Kier molecular flexibility index (Phi) is 7.04. The lowest BCUT2D eigenvalue weighted by molar-refractivity contribution is -0.132. The Morgan fingerprint density at radius 3 is 2.56 bits per heavy atom. The van der Waals surface area contributed by atoms with Crippen molar-refractivity contribution in [1.29, 1.82) is 0 Å². The molecule has 1 aliphatic heterocycles. The zero-order valence-corrected chi connectivity index (χ0v) is 21.1. The highest BCUT2D eigenvalue weighted by Gasteiger charge is 2.22. The molecule has 0 radical (unpaired) electrons. The maximum absolute atomic E-state index is 12.9. The number of nitrogens with zero attached hydrogens (tertiary/aromatic N) is 8. The Hall–Kier alpha value is -3.66. The quantitative estimate of drug-likeness (QED) is 0.373. The lowest BCUT2D eigenvalue weighted by Gasteiger charge is -2.34. The van der Waals surface area contributed by atoms with Gasteiger partial charge in [0.15, 0.2) is 0 Å². The van der Waals surface area contributed by atoms with E-state index in [0.29, 0.717) is 30.3 Å². The summed E-state index contributed by atoms with van der Waals surface area (Å²) in [7, 11) is 0. The number of rotatable bonds is 8. The Labute approximate surface area is 210 Å². The third kappa shape index (κ3) is 5.28. The van der Waals surface area contributed by atoms with E-state index in [-0.39, 0.29) is 5.91 Å². The minimum atomic E-state index is 0.196. The molecule has 0 aliphatic carbocycles. The highest BCUT2D eigenvalue weighted by Crippen LogP contribution is 2.18. The molecule has 1 saturated heterocycles. The van der Waals surface area contributed by atoms with Gasteiger partial charge in [0, 0.05) is 56.0 Å². The summed E-state index contributed by atoms with van der Waals surface area (Å²) in [5.41, 5.74) is 5.16. The minimum absolute atomic E-state index is 0.196. The number of hydrogen-bond donors (Lipinski definition) is 0. The van der Waals surface area contributed by atoms with Gasteiger partial charge in [0.1, 0.15) is 6.33 Å².